The summed E-state index contributed by atoms with van der Waals surface area (Å²) in [6.07, 6.45) is 3.69. The maximum atomic E-state index is 8.78. The van der Waals surface area contributed by atoms with Crippen molar-refractivity contribution in [1.29, 1.82) is 5.26 Å². The van der Waals surface area contributed by atoms with Crippen molar-refractivity contribution in [3.8, 4) is 6.07 Å². The predicted molar refractivity (Wildman–Crippen MR) is 75.7 cm³/mol. The van der Waals surface area contributed by atoms with E-state index in [9.17, 15) is 0 Å². The molecule has 4 heteroatoms. The van der Waals surface area contributed by atoms with Gasteiger partial charge in [0.25, 0.3) is 0 Å². The number of ether oxygens (including phenoxy) is 1. The summed E-state index contributed by atoms with van der Waals surface area (Å²) in [6.45, 7) is 2.00. The van der Waals surface area contributed by atoms with Gasteiger partial charge in [0.15, 0.2) is 0 Å². The highest BCUT2D eigenvalue weighted by molar-refractivity contribution is 6.31. The maximum Gasteiger partial charge on any atom is 0.0992 e. The summed E-state index contributed by atoms with van der Waals surface area (Å²) in [5, 5.41) is 9.38. The first kappa shape index (κ1) is 14.3. The lowest BCUT2D eigenvalue weighted by Gasteiger charge is -2.18. The zero-order valence-corrected chi connectivity index (χ0v) is 11.7. The van der Waals surface area contributed by atoms with Gasteiger partial charge in [-0.3, -0.25) is 0 Å². The molecule has 2 atom stereocenters. The van der Waals surface area contributed by atoms with Crippen LogP contribution in [-0.4, -0.2) is 13.2 Å². The number of benzene rings is 1. The molecular formula is C15H19ClN2O. The van der Waals surface area contributed by atoms with E-state index in [-0.39, 0.29) is 0 Å². The molecule has 0 aliphatic heterocycles. The van der Waals surface area contributed by atoms with E-state index in [1.165, 1.54) is 19.3 Å². The lowest BCUT2D eigenvalue weighted by molar-refractivity contribution is 0.0754. The van der Waals surface area contributed by atoms with Crippen molar-refractivity contribution in [1.82, 2.24) is 0 Å². The molecule has 0 heterocycles. The maximum absolute atomic E-state index is 8.78. The van der Waals surface area contributed by atoms with Crippen LogP contribution in [-0.2, 0) is 11.3 Å². The summed E-state index contributed by atoms with van der Waals surface area (Å²) in [4.78, 5) is 0. The van der Waals surface area contributed by atoms with E-state index in [0.29, 0.717) is 29.0 Å². The van der Waals surface area contributed by atoms with Crippen molar-refractivity contribution in [3.05, 3.63) is 34.3 Å². The van der Waals surface area contributed by atoms with Gasteiger partial charge in [-0.05, 0) is 48.9 Å². The highest BCUT2D eigenvalue weighted by atomic mass is 35.5. The number of nitrogens with two attached hydrogens (primary N) is 1. The molecule has 1 aliphatic rings. The van der Waals surface area contributed by atoms with E-state index in [1.807, 2.05) is 6.07 Å². The van der Waals surface area contributed by atoms with Crippen LogP contribution >= 0.6 is 11.6 Å². The van der Waals surface area contributed by atoms with Crippen molar-refractivity contribution in [2.45, 2.75) is 25.9 Å². The summed E-state index contributed by atoms with van der Waals surface area (Å²) in [6, 6.07) is 7.37. The summed E-state index contributed by atoms with van der Waals surface area (Å²) < 4.78 is 5.77. The van der Waals surface area contributed by atoms with Gasteiger partial charge in [0.2, 0.25) is 0 Å². The van der Waals surface area contributed by atoms with Crippen LogP contribution in [0.1, 0.15) is 30.4 Å². The fourth-order valence-electron chi connectivity index (χ4n) is 2.70. The van der Waals surface area contributed by atoms with Crippen molar-refractivity contribution < 1.29 is 4.74 Å². The van der Waals surface area contributed by atoms with E-state index < -0.39 is 0 Å². The Labute approximate surface area is 119 Å². The average Bonchev–Trinajstić information content (AvgIpc) is 2.88. The number of hydrogen-bond donors (Lipinski definition) is 1. The van der Waals surface area contributed by atoms with Crippen molar-refractivity contribution in [2.75, 3.05) is 13.2 Å². The quantitative estimate of drug-likeness (QED) is 0.900. The first-order valence-corrected chi connectivity index (χ1v) is 7.08. The minimum absolute atomic E-state index is 0.498. The zero-order chi connectivity index (χ0) is 13.7. The number of halogens is 1. The lowest BCUT2D eigenvalue weighted by atomic mass is 9.97. The second-order valence-corrected chi connectivity index (χ2v) is 5.53. The van der Waals surface area contributed by atoms with Crippen molar-refractivity contribution in [2.24, 2.45) is 17.6 Å². The fraction of sp³-hybridized carbons (Fsp3) is 0.533. The summed E-state index contributed by atoms with van der Waals surface area (Å²) >= 11 is 6.11. The lowest BCUT2D eigenvalue weighted by Crippen LogP contribution is -2.22. The Morgan fingerprint density at radius 3 is 2.84 bits per heavy atom. The van der Waals surface area contributed by atoms with Gasteiger partial charge in [-0.2, -0.15) is 5.26 Å². The summed E-state index contributed by atoms with van der Waals surface area (Å²) in [5.41, 5.74) is 7.27. The zero-order valence-electron chi connectivity index (χ0n) is 10.9. The molecule has 0 spiro atoms. The van der Waals surface area contributed by atoms with Crippen LogP contribution in [0.5, 0.6) is 0 Å². The van der Waals surface area contributed by atoms with Crippen LogP contribution in [0.2, 0.25) is 5.02 Å². The van der Waals surface area contributed by atoms with E-state index >= 15 is 0 Å². The third-order valence-electron chi connectivity index (χ3n) is 3.89. The second-order valence-electron chi connectivity index (χ2n) is 5.12. The fourth-order valence-corrected chi connectivity index (χ4v) is 2.93. The Hall–Kier alpha value is -1.08. The molecule has 0 amide bonds. The van der Waals surface area contributed by atoms with Gasteiger partial charge >= 0.3 is 0 Å². The number of rotatable bonds is 5. The van der Waals surface area contributed by atoms with Gasteiger partial charge in [0.05, 0.1) is 24.8 Å². The number of hydrogen-bond acceptors (Lipinski definition) is 3. The standard InChI is InChI=1S/C15H19ClN2O/c16-15-6-11(7-17)4-5-14(15)10-19-9-13-3-1-2-12(13)8-18/h4-6,12-13H,1-3,8-10,18H2. The third-order valence-corrected chi connectivity index (χ3v) is 4.24. The van der Waals surface area contributed by atoms with E-state index in [2.05, 4.69) is 6.07 Å². The SMILES string of the molecule is N#Cc1ccc(COCC2CCCC2CN)c(Cl)c1. The Balaban J connectivity index is 1.84. The summed E-state index contributed by atoms with van der Waals surface area (Å²) in [7, 11) is 0. The smallest absolute Gasteiger partial charge is 0.0992 e. The Bertz CT molecular complexity index is 470. The largest absolute Gasteiger partial charge is 0.376 e. The van der Waals surface area contributed by atoms with Crippen LogP contribution in [0, 0.1) is 23.2 Å². The molecule has 0 radical (unpaired) electrons. The molecule has 2 N–H and O–H groups in total. The minimum atomic E-state index is 0.498. The highest BCUT2D eigenvalue weighted by Gasteiger charge is 2.25. The van der Waals surface area contributed by atoms with Crippen LogP contribution in [0.15, 0.2) is 18.2 Å². The molecule has 0 saturated heterocycles. The number of nitrogens with zero attached hydrogens (tertiary/aromatic N) is 1. The Morgan fingerprint density at radius 2 is 2.16 bits per heavy atom. The van der Waals surface area contributed by atoms with Gasteiger partial charge in [-0.1, -0.05) is 24.1 Å². The highest BCUT2D eigenvalue weighted by Crippen LogP contribution is 2.31. The molecule has 0 aromatic heterocycles. The number of nitriles is 1. The summed E-state index contributed by atoms with van der Waals surface area (Å²) in [5.74, 6) is 1.19. The molecular weight excluding hydrogens is 260 g/mol. The Morgan fingerprint density at radius 1 is 1.37 bits per heavy atom. The van der Waals surface area contributed by atoms with Gasteiger partial charge in [0, 0.05) is 5.02 Å². The molecule has 3 nitrogen and oxygen atoms in total. The Kier molecular flexibility index (Phi) is 5.21. The molecule has 2 rings (SSSR count). The first-order valence-electron chi connectivity index (χ1n) is 6.71. The van der Waals surface area contributed by atoms with E-state index in [0.717, 1.165) is 18.7 Å². The van der Waals surface area contributed by atoms with Crippen LogP contribution in [0.3, 0.4) is 0 Å². The van der Waals surface area contributed by atoms with Crippen LogP contribution in [0.25, 0.3) is 0 Å². The molecule has 1 saturated carbocycles. The molecule has 102 valence electrons. The molecule has 1 aliphatic carbocycles. The van der Waals surface area contributed by atoms with Crippen LogP contribution in [0.4, 0.5) is 0 Å². The molecule has 1 aromatic rings. The van der Waals surface area contributed by atoms with Gasteiger partial charge in [-0.25, -0.2) is 0 Å². The normalized spacial score (nSPS) is 22.4. The minimum Gasteiger partial charge on any atom is -0.376 e. The van der Waals surface area contributed by atoms with Crippen molar-refractivity contribution in [3.63, 3.8) is 0 Å². The van der Waals surface area contributed by atoms with E-state index in [1.54, 1.807) is 12.1 Å². The van der Waals surface area contributed by atoms with Crippen LogP contribution < -0.4 is 5.73 Å². The van der Waals surface area contributed by atoms with Gasteiger partial charge < -0.3 is 10.5 Å². The molecule has 19 heavy (non-hydrogen) atoms. The third kappa shape index (κ3) is 3.70. The average molecular weight is 279 g/mol. The molecule has 0 bridgehead atoms. The molecule has 2 unspecified atom stereocenters. The van der Waals surface area contributed by atoms with Gasteiger partial charge in [0.1, 0.15) is 0 Å². The topological polar surface area (TPSA) is 59.0 Å². The second kappa shape index (κ2) is 6.91. The van der Waals surface area contributed by atoms with E-state index in [4.69, 9.17) is 27.3 Å². The molecule has 1 aromatic carbocycles. The predicted octanol–water partition coefficient (Wildman–Crippen LogP) is 3.10. The van der Waals surface area contributed by atoms with Gasteiger partial charge in [-0.15, -0.1) is 0 Å². The monoisotopic (exact) mass is 278 g/mol. The first-order chi connectivity index (χ1) is 9.24. The molecule has 1 fully saturated rings. The van der Waals surface area contributed by atoms with Crippen molar-refractivity contribution >= 4 is 11.6 Å².